The van der Waals surface area contributed by atoms with Crippen LogP contribution in [0.2, 0.25) is 0 Å². The maximum atomic E-state index is 11.1. The fourth-order valence-electron chi connectivity index (χ4n) is 0.726. The Labute approximate surface area is 74.2 Å². The first kappa shape index (κ1) is 9.06. The van der Waals surface area contributed by atoms with Crippen molar-refractivity contribution >= 4 is 11.6 Å². The second-order valence-electron chi connectivity index (χ2n) is 2.52. The number of rotatable bonds is 1. The Morgan fingerprint density at radius 1 is 1.67 bits per heavy atom. The van der Waals surface area contributed by atoms with Crippen molar-refractivity contribution in [3.05, 3.63) is 21.7 Å². The molecular formula is C7H9ClN2O2. The number of aromatic amines is 1. The van der Waals surface area contributed by atoms with Crippen LogP contribution in [-0.4, -0.2) is 15.1 Å². The van der Waals surface area contributed by atoms with Crippen LogP contribution in [0.5, 0.6) is 5.88 Å². The summed E-state index contributed by atoms with van der Waals surface area (Å²) in [6, 6.07) is 0. The summed E-state index contributed by atoms with van der Waals surface area (Å²) in [6.45, 7) is 3.15. The SMILES string of the molecule is Cc1c(O)nc(C(C)Cl)[nH]c1=O. The van der Waals surface area contributed by atoms with Crippen molar-refractivity contribution in [3.63, 3.8) is 0 Å². The molecule has 1 heterocycles. The molecule has 0 bridgehead atoms. The minimum Gasteiger partial charge on any atom is -0.493 e. The van der Waals surface area contributed by atoms with E-state index in [1.807, 2.05) is 0 Å². The van der Waals surface area contributed by atoms with Crippen LogP contribution in [0.25, 0.3) is 0 Å². The predicted molar refractivity (Wildman–Crippen MR) is 45.5 cm³/mol. The third-order valence-electron chi connectivity index (χ3n) is 1.52. The Balaban J connectivity index is 3.31. The summed E-state index contributed by atoms with van der Waals surface area (Å²) in [4.78, 5) is 17.2. The quantitative estimate of drug-likeness (QED) is 0.649. The van der Waals surface area contributed by atoms with Crippen LogP contribution < -0.4 is 5.56 Å². The summed E-state index contributed by atoms with van der Waals surface area (Å²) in [5.74, 6) is 0.0195. The molecule has 1 rings (SSSR count). The van der Waals surface area contributed by atoms with Gasteiger partial charge in [-0.2, -0.15) is 4.98 Å². The van der Waals surface area contributed by atoms with Gasteiger partial charge in [0.1, 0.15) is 5.82 Å². The molecule has 2 N–H and O–H groups in total. The van der Waals surface area contributed by atoms with Crippen molar-refractivity contribution in [2.75, 3.05) is 0 Å². The highest BCUT2D eigenvalue weighted by atomic mass is 35.5. The molecule has 66 valence electrons. The van der Waals surface area contributed by atoms with Crippen molar-refractivity contribution in [2.45, 2.75) is 19.2 Å². The summed E-state index contributed by atoms with van der Waals surface area (Å²) in [7, 11) is 0. The number of nitrogens with one attached hydrogen (secondary N) is 1. The van der Waals surface area contributed by atoms with Gasteiger partial charge in [0.25, 0.3) is 5.56 Å². The minimum atomic E-state index is -0.413. The van der Waals surface area contributed by atoms with Gasteiger partial charge >= 0.3 is 0 Å². The van der Waals surface area contributed by atoms with Crippen LogP contribution in [0.4, 0.5) is 0 Å². The molecule has 0 aliphatic carbocycles. The lowest BCUT2D eigenvalue weighted by Gasteiger charge is -2.03. The van der Waals surface area contributed by atoms with Crippen molar-refractivity contribution in [2.24, 2.45) is 0 Å². The molecule has 0 aromatic carbocycles. The molecule has 0 aliphatic heterocycles. The highest BCUT2D eigenvalue weighted by Crippen LogP contribution is 2.16. The fourth-order valence-corrected chi connectivity index (χ4v) is 0.829. The first-order valence-corrected chi connectivity index (χ1v) is 3.90. The zero-order valence-electron chi connectivity index (χ0n) is 6.76. The first-order valence-electron chi connectivity index (χ1n) is 3.46. The third-order valence-corrected chi connectivity index (χ3v) is 1.73. The topological polar surface area (TPSA) is 66.0 Å². The number of halogens is 1. The predicted octanol–water partition coefficient (Wildman–Crippen LogP) is 1.08. The van der Waals surface area contributed by atoms with E-state index in [0.29, 0.717) is 0 Å². The summed E-state index contributed by atoms with van der Waals surface area (Å²) >= 11 is 5.66. The minimum absolute atomic E-state index is 0.205. The van der Waals surface area contributed by atoms with Crippen LogP contribution in [0.1, 0.15) is 23.7 Å². The molecule has 0 saturated carbocycles. The van der Waals surface area contributed by atoms with Gasteiger partial charge in [-0.05, 0) is 13.8 Å². The van der Waals surface area contributed by atoms with Crippen LogP contribution in [0.15, 0.2) is 4.79 Å². The average Bonchev–Trinajstić information content (AvgIpc) is 1.99. The smallest absolute Gasteiger partial charge is 0.257 e. The van der Waals surface area contributed by atoms with E-state index in [9.17, 15) is 4.79 Å². The lowest BCUT2D eigenvalue weighted by Crippen LogP contribution is -2.14. The van der Waals surface area contributed by atoms with E-state index in [0.717, 1.165) is 0 Å². The monoisotopic (exact) mass is 188 g/mol. The fraction of sp³-hybridized carbons (Fsp3) is 0.429. The Morgan fingerprint density at radius 2 is 2.25 bits per heavy atom. The zero-order valence-corrected chi connectivity index (χ0v) is 7.51. The second-order valence-corrected chi connectivity index (χ2v) is 3.17. The van der Waals surface area contributed by atoms with Gasteiger partial charge in [-0.15, -0.1) is 11.6 Å². The molecule has 1 unspecified atom stereocenters. The van der Waals surface area contributed by atoms with E-state index in [4.69, 9.17) is 16.7 Å². The number of aromatic nitrogens is 2. The summed E-state index contributed by atoms with van der Waals surface area (Å²) in [5.41, 5.74) is -0.152. The van der Waals surface area contributed by atoms with Gasteiger partial charge in [0.05, 0.1) is 10.9 Å². The summed E-state index contributed by atoms with van der Waals surface area (Å²) < 4.78 is 0. The van der Waals surface area contributed by atoms with E-state index in [-0.39, 0.29) is 22.8 Å². The zero-order chi connectivity index (χ0) is 9.30. The standard InChI is InChI=1S/C7H9ClN2O2/c1-3-6(11)9-5(4(2)8)10-7(3)12/h4H,1-2H3,(H2,9,10,11,12). The van der Waals surface area contributed by atoms with E-state index in [1.54, 1.807) is 6.92 Å². The lowest BCUT2D eigenvalue weighted by molar-refractivity contribution is 0.442. The number of aromatic hydroxyl groups is 1. The van der Waals surface area contributed by atoms with Crippen molar-refractivity contribution < 1.29 is 5.11 Å². The van der Waals surface area contributed by atoms with Crippen molar-refractivity contribution in [1.82, 2.24) is 9.97 Å². The highest BCUT2D eigenvalue weighted by molar-refractivity contribution is 6.20. The number of nitrogens with zero attached hydrogens (tertiary/aromatic N) is 1. The molecule has 5 heteroatoms. The van der Waals surface area contributed by atoms with Gasteiger partial charge in [-0.3, -0.25) is 4.79 Å². The molecule has 0 saturated heterocycles. The van der Waals surface area contributed by atoms with Gasteiger partial charge in [0.2, 0.25) is 5.88 Å². The number of alkyl halides is 1. The molecule has 1 atom stereocenters. The molecule has 12 heavy (non-hydrogen) atoms. The maximum Gasteiger partial charge on any atom is 0.257 e. The summed E-state index contributed by atoms with van der Waals surface area (Å²) in [5, 5.41) is 8.73. The van der Waals surface area contributed by atoms with Gasteiger partial charge in [-0.25, -0.2) is 0 Å². The Hall–Kier alpha value is -1.03. The molecule has 0 radical (unpaired) electrons. The van der Waals surface area contributed by atoms with E-state index < -0.39 is 5.38 Å². The largest absolute Gasteiger partial charge is 0.493 e. The molecule has 0 fully saturated rings. The molecule has 0 spiro atoms. The Bertz CT molecular complexity index is 346. The Morgan fingerprint density at radius 3 is 2.67 bits per heavy atom. The molecule has 0 amide bonds. The summed E-state index contributed by atoms with van der Waals surface area (Å²) in [6.07, 6.45) is 0. The maximum absolute atomic E-state index is 11.1. The van der Waals surface area contributed by atoms with Crippen LogP contribution in [0.3, 0.4) is 0 Å². The Kier molecular flexibility index (Phi) is 2.38. The lowest BCUT2D eigenvalue weighted by atomic mass is 10.3. The van der Waals surface area contributed by atoms with Gasteiger partial charge in [0, 0.05) is 0 Å². The highest BCUT2D eigenvalue weighted by Gasteiger charge is 2.09. The number of hydrogen-bond acceptors (Lipinski definition) is 3. The molecule has 1 aromatic rings. The van der Waals surface area contributed by atoms with Gasteiger partial charge in [-0.1, -0.05) is 0 Å². The molecule has 0 aliphatic rings. The van der Waals surface area contributed by atoms with Crippen molar-refractivity contribution in [3.8, 4) is 5.88 Å². The van der Waals surface area contributed by atoms with E-state index >= 15 is 0 Å². The third kappa shape index (κ3) is 1.58. The normalized spacial score (nSPS) is 12.9. The number of hydrogen-bond donors (Lipinski definition) is 2. The van der Waals surface area contributed by atoms with E-state index in [2.05, 4.69) is 9.97 Å². The first-order chi connectivity index (χ1) is 5.52. The van der Waals surface area contributed by atoms with Crippen LogP contribution >= 0.6 is 11.6 Å². The molecule has 1 aromatic heterocycles. The van der Waals surface area contributed by atoms with Crippen LogP contribution in [-0.2, 0) is 0 Å². The number of H-pyrrole nitrogens is 1. The van der Waals surface area contributed by atoms with E-state index in [1.165, 1.54) is 6.92 Å². The molecule has 4 nitrogen and oxygen atoms in total. The van der Waals surface area contributed by atoms with Gasteiger partial charge in [0.15, 0.2) is 0 Å². The van der Waals surface area contributed by atoms with Crippen LogP contribution in [0, 0.1) is 6.92 Å². The van der Waals surface area contributed by atoms with Crippen molar-refractivity contribution in [1.29, 1.82) is 0 Å². The van der Waals surface area contributed by atoms with Gasteiger partial charge < -0.3 is 10.1 Å². The molecular weight excluding hydrogens is 180 g/mol. The second kappa shape index (κ2) is 3.15. The average molecular weight is 189 g/mol.